The van der Waals surface area contributed by atoms with Crippen LogP contribution < -0.4 is 5.32 Å². The molecule has 2 atom stereocenters. The molecule has 0 unspecified atom stereocenters. The van der Waals surface area contributed by atoms with Gasteiger partial charge in [-0.25, -0.2) is 0 Å². The lowest BCUT2D eigenvalue weighted by molar-refractivity contribution is 0.0914. The van der Waals surface area contributed by atoms with Gasteiger partial charge in [-0.15, -0.1) is 0 Å². The van der Waals surface area contributed by atoms with Crippen LogP contribution in [0.1, 0.15) is 47.4 Å². The fourth-order valence-electron chi connectivity index (χ4n) is 3.19. The fourth-order valence-corrected chi connectivity index (χ4v) is 3.19. The number of rotatable bonds is 4. The summed E-state index contributed by atoms with van der Waals surface area (Å²) in [7, 11) is 4.12. The van der Waals surface area contributed by atoms with Gasteiger partial charge in [-0.1, -0.05) is 24.3 Å². The van der Waals surface area contributed by atoms with Crippen molar-refractivity contribution in [2.24, 2.45) is 0 Å². The van der Waals surface area contributed by atoms with E-state index in [0.29, 0.717) is 5.56 Å². The van der Waals surface area contributed by atoms with Gasteiger partial charge in [-0.2, -0.15) is 5.10 Å². The maximum absolute atomic E-state index is 12.6. The second-order valence-corrected chi connectivity index (χ2v) is 6.69. The van der Waals surface area contributed by atoms with Gasteiger partial charge in [0.05, 0.1) is 17.8 Å². The Morgan fingerprint density at radius 2 is 2.09 bits per heavy atom. The molecule has 1 aromatic heterocycles. The largest absolute Gasteiger partial charge is 0.344 e. The highest BCUT2D eigenvalue weighted by Gasteiger charge is 2.34. The number of carbonyl (C=O) groups excluding carboxylic acids is 1. The first-order valence-corrected chi connectivity index (χ1v) is 8.06. The highest BCUT2D eigenvalue weighted by molar-refractivity contribution is 5.94. The van der Waals surface area contributed by atoms with E-state index in [1.165, 1.54) is 11.1 Å². The highest BCUT2D eigenvalue weighted by atomic mass is 16.1. The van der Waals surface area contributed by atoms with Gasteiger partial charge in [0.1, 0.15) is 0 Å². The van der Waals surface area contributed by atoms with Crippen LogP contribution in [0.15, 0.2) is 36.7 Å². The van der Waals surface area contributed by atoms with E-state index in [-0.39, 0.29) is 24.0 Å². The smallest absolute Gasteiger partial charge is 0.255 e. The maximum Gasteiger partial charge on any atom is 0.255 e. The number of nitrogens with one attached hydrogen (secondary N) is 1. The number of hydrogen-bond donors (Lipinski definition) is 1. The summed E-state index contributed by atoms with van der Waals surface area (Å²) in [5, 5.41) is 7.46. The standard InChI is InChI=1S/C18H24N4O/c1-12(2)22-11-14(10-19-22)18(23)20-17-15-8-6-5-7-13(15)9-16(17)21(3)4/h5-8,10-12,16-17H,9H2,1-4H3,(H,20,23)/t16-,17-/m1/s1. The molecule has 5 heteroatoms. The molecule has 2 aromatic rings. The molecule has 0 saturated carbocycles. The van der Waals surface area contributed by atoms with Crippen LogP contribution in [-0.2, 0) is 6.42 Å². The van der Waals surface area contributed by atoms with Crippen molar-refractivity contribution in [2.75, 3.05) is 14.1 Å². The summed E-state index contributed by atoms with van der Waals surface area (Å²) >= 11 is 0. The first-order chi connectivity index (χ1) is 11.0. The number of fused-ring (bicyclic) bond motifs is 1. The number of likely N-dealkylation sites (N-methyl/N-ethyl adjacent to an activating group) is 1. The monoisotopic (exact) mass is 312 g/mol. The zero-order chi connectivity index (χ0) is 16.6. The molecule has 3 rings (SSSR count). The zero-order valence-electron chi connectivity index (χ0n) is 14.2. The fraction of sp³-hybridized carbons (Fsp3) is 0.444. The third kappa shape index (κ3) is 3.01. The van der Waals surface area contributed by atoms with E-state index in [9.17, 15) is 4.79 Å². The number of carbonyl (C=O) groups is 1. The van der Waals surface area contributed by atoms with Crippen LogP contribution in [0.3, 0.4) is 0 Å². The third-order valence-electron chi connectivity index (χ3n) is 4.55. The van der Waals surface area contributed by atoms with Crippen LogP contribution in [-0.4, -0.2) is 40.7 Å². The van der Waals surface area contributed by atoms with Crippen LogP contribution in [0.2, 0.25) is 0 Å². The topological polar surface area (TPSA) is 50.2 Å². The molecule has 1 aliphatic rings. The minimum absolute atomic E-state index is 0.0103. The summed E-state index contributed by atoms with van der Waals surface area (Å²) in [5.41, 5.74) is 3.14. The first kappa shape index (κ1) is 15.7. The van der Waals surface area contributed by atoms with E-state index < -0.39 is 0 Å². The predicted octanol–water partition coefficient (Wildman–Crippen LogP) is 2.42. The molecule has 23 heavy (non-hydrogen) atoms. The van der Waals surface area contributed by atoms with Crippen molar-refractivity contribution in [3.63, 3.8) is 0 Å². The zero-order valence-corrected chi connectivity index (χ0v) is 14.2. The Balaban J connectivity index is 1.83. The number of hydrogen-bond acceptors (Lipinski definition) is 3. The summed E-state index contributed by atoms with van der Waals surface area (Å²) in [5.74, 6) is -0.0644. The van der Waals surface area contributed by atoms with Crippen LogP contribution >= 0.6 is 0 Å². The number of aromatic nitrogens is 2. The van der Waals surface area contributed by atoms with Gasteiger partial charge in [0.15, 0.2) is 0 Å². The van der Waals surface area contributed by atoms with E-state index in [1.54, 1.807) is 10.9 Å². The van der Waals surface area contributed by atoms with Crippen molar-refractivity contribution in [3.8, 4) is 0 Å². The number of amides is 1. The van der Waals surface area contributed by atoms with Gasteiger partial charge in [0.25, 0.3) is 5.91 Å². The third-order valence-corrected chi connectivity index (χ3v) is 4.55. The lowest BCUT2D eigenvalue weighted by Crippen LogP contribution is -2.41. The normalized spacial score (nSPS) is 20.1. The van der Waals surface area contributed by atoms with Crippen molar-refractivity contribution in [1.82, 2.24) is 20.0 Å². The van der Waals surface area contributed by atoms with Crippen molar-refractivity contribution in [3.05, 3.63) is 53.3 Å². The molecule has 1 aromatic carbocycles. The predicted molar refractivity (Wildman–Crippen MR) is 90.4 cm³/mol. The molecule has 1 amide bonds. The van der Waals surface area contributed by atoms with Gasteiger partial charge >= 0.3 is 0 Å². The molecule has 0 spiro atoms. The quantitative estimate of drug-likeness (QED) is 0.943. The molecule has 1 heterocycles. The van der Waals surface area contributed by atoms with Crippen molar-refractivity contribution < 1.29 is 4.79 Å². The van der Waals surface area contributed by atoms with Gasteiger partial charge in [-0.05, 0) is 45.5 Å². The minimum Gasteiger partial charge on any atom is -0.344 e. The molecular formula is C18H24N4O. The lowest BCUT2D eigenvalue weighted by Gasteiger charge is -2.27. The van der Waals surface area contributed by atoms with E-state index >= 15 is 0 Å². The Labute approximate surface area is 137 Å². The lowest BCUT2D eigenvalue weighted by atomic mass is 10.1. The first-order valence-electron chi connectivity index (χ1n) is 8.06. The molecule has 0 aliphatic heterocycles. The Kier molecular flexibility index (Phi) is 4.22. The molecule has 0 radical (unpaired) electrons. The molecule has 0 saturated heterocycles. The average Bonchev–Trinajstić information content (AvgIpc) is 3.12. The Bertz CT molecular complexity index is 705. The Hall–Kier alpha value is -2.14. The second kappa shape index (κ2) is 6.16. The molecule has 0 fully saturated rings. The van der Waals surface area contributed by atoms with Crippen LogP contribution in [0, 0.1) is 0 Å². The van der Waals surface area contributed by atoms with Crippen LogP contribution in [0.4, 0.5) is 0 Å². The molecule has 122 valence electrons. The molecule has 5 nitrogen and oxygen atoms in total. The van der Waals surface area contributed by atoms with Crippen LogP contribution in [0.25, 0.3) is 0 Å². The van der Waals surface area contributed by atoms with Gasteiger partial charge in [0, 0.05) is 18.3 Å². The summed E-state index contributed by atoms with van der Waals surface area (Å²) < 4.78 is 1.81. The van der Waals surface area contributed by atoms with Crippen LogP contribution in [0.5, 0.6) is 0 Å². The molecule has 1 aliphatic carbocycles. The minimum atomic E-state index is -0.0644. The maximum atomic E-state index is 12.6. The average molecular weight is 312 g/mol. The second-order valence-electron chi connectivity index (χ2n) is 6.69. The summed E-state index contributed by atoms with van der Waals surface area (Å²) in [6.45, 7) is 4.09. The SMILES string of the molecule is CC(C)n1cc(C(=O)N[C@@H]2c3ccccc3C[C@H]2N(C)C)cn1. The van der Waals surface area contributed by atoms with Crippen molar-refractivity contribution >= 4 is 5.91 Å². The molecule has 0 bridgehead atoms. The van der Waals surface area contributed by atoms with Gasteiger partial charge in [-0.3, -0.25) is 9.48 Å². The number of benzene rings is 1. The summed E-state index contributed by atoms with van der Waals surface area (Å²) in [4.78, 5) is 14.8. The van der Waals surface area contributed by atoms with Crippen molar-refractivity contribution in [2.45, 2.75) is 38.4 Å². The van der Waals surface area contributed by atoms with Gasteiger partial charge in [0.2, 0.25) is 0 Å². The van der Waals surface area contributed by atoms with E-state index in [0.717, 1.165) is 6.42 Å². The molecular weight excluding hydrogens is 288 g/mol. The summed E-state index contributed by atoms with van der Waals surface area (Å²) in [6, 6.07) is 8.89. The van der Waals surface area contributed by atoms with Gasteiger partial charge < -0.3 is 10.2 Å². The van der Waals surface area contributed by atoms with E-state index in [2.05, 4.69) is 47.6 Å². The highest BCUT2D eigenvalue weighted by Crippen LogP contribution is 2.33. The summed E-state index contributed by atoms with van der Waals surface area (Å²) in [6.07, 6.45) is 4.41. The Morgan fingerprint density at radius 1 is 1.35 bits per heavy atom. The van der Waals surface area contributed by atoms with Crippen molar-refractivity contribution in [1.29, 1.82) is 0 Å². The van der Waals surface area contributed by atoms with E-state index in [1.807, 2.05) is 26.1 Å². The number of nitrogens with zero attached hydrogens (tertiary/aromatic N) is 3. The Morgan fingerprint density at radius 3 is 2.74 bits per heavy atom. The van der Waals surface area contributed by atoms with E-state index in [4.69, 9.17) is 0 Å². The molecule has 1 N–H and O–H groups in total.